The molecule has 1 rings (SSSR count). The Labute approximate surface area is 211 Å². The van der Waals surface area contributed by atoms with E-state index >= 15 is 0 Å². The number of aliphatic carboxylic acids is 1. The quantitative estimate of drug-likeness (QED) is 0.323. The predicted molar refractivity (Wildman–Crippen MR) is 134 cm³/mol. The summed E-state index contributed by atoms with van der Waals surface area (Å²) in [6.07, 6.45) is 3.80. The van der Waals surface area contributed by atoms with Crippen LogP contribution < -0.4 is 0 Å². The second kappa shape index (κ2) is 15.1. The van der Waals surface area contributed by atoms with Crippen molar-refractivity contribution < 1.29 is 33.8 Å². The average molecular weight is 498 g/mol. The summed E-state index contributed by atoms with van der Waals surface area (Å²) in [5.74, 6) is -3.27. The molecule has 1 aliphatic rings. The van der Waals surface area contributed by atoms with Crippen LogP contribution in [0, 0.1) is 23.7 Å². The number of hydrogen-bond acceptors (Lipinski definition) is 6. The Balaban J connectivity index is 2.91. The molecule has 8 heteroatoms. The third-order valence-electron chi connectivity index (χ3n) is 7.32. The number of likely N-dealkylation sites (tertiary alicyclic amines) is 1. The number of carbonyl (C=O) groups is 4. The van der Waals surface area contributed by atoms with Crippen LogP contribution in [-0.4, -0.2) is 58.6 Å². The van der Waals surface area contributed by atoms with Crippen molar-refractivity contribution in [3.63, 3.8) is 0 Å². The van der Waals surface area contributed by atoms with E-state index in [-0.39, 0.29) is 23.7 Å². The Hall–Kier alpha value is -2.12. The highest BCUT2D eigenvalue weighted by Gasteiger charge is 2.41. The van der Waals surface area contributed by atoms with Crippen LogP contribution in [0.5, 0.6) is 0 Å². The first kappa shape index (κ1) is 30.9. The number of unbranched alkanes of at least 4 members (excludes halogenated alkanes) is 1. The van der Waals surface area contributed by atoms with Gasteiger partial charge in [0, 0.05) is 24.3 Å². The summed E-state index contributed by atoms with van der Waals surface area (Å²) in [7, 11) is 0. The normalized spacial score (nSPS) is 20.9. The van der Waals surface area contributed by atoms with Gasteiger partial charge in [0.05, 0.1) is 0 Å². The maximum atomic E-state index is 13.2. The van der Waals surface area contributed by atoms with E-state index < -0.39 is 36.2 Å². The second-order valence-corrected chi connectivity index (χ2v) is 10.4. The lowest BCUT2D eigenvalue weighted by molar-refractivity contribution is -0.184. The van der Waals surface area contributed by atoms with Crippen LogP contribution >= 0.6 is 0 Å². The van der Waals surface area contributed by atoms with Crippen molar-refractivity contribution >= 4 is 23.8 Å². The number of carboxylic acid groups (broad SMARTS) is 1. The highest BCUT2D eigenvalue weighted by atomic mass is 16.6. The van der Waals surface area contributed by atoms with Crippen LogP contribution in [0.2, 0.25) is 0 Å². The van der Waals surface area contributed by atoms with E-state index in [0.717, 1.165) is 25.7 Å². The fraction of sp³-hybridized carbons (Fsp3) is 0.852. The molecule has 0 aliphatic carbocycles. The molecule has 1 heterocycles. The average Bonchev–Trinajstić information content (AvgIpc) is 3.32. The molecule has 0 bridgehead atoms. The maximum absolute atomic E-state index is 13.2. The fourth-order valence-corrected chi connectivity index (χ4v) is 4.56. The summed E-state index contributed by atoms with van der Waals surface area (Å²) in [6.45, 7) is 13.8. The number of rotatable bonds is 15. The van der Waals surface area contributed by atoms with E-state index in [1.54, 1.807) is 18.7 Å². The zero-order valence-electron chi connectivity index (χ0n) is 22.7. The molecule has 1 amide bonds. The van der Waals surface area contributed by atoms with E-state index in [0.29, 0.717) is 38.1 Å². The van der Waals surface area contributed by atoms with Crippen molar-refractivity contribution in [1.29, 1.82) is 0 Å². The smallest absolute Gasteiger partial charge is 0.348 e. The molecule has 0 aromatic heterocycles. The van der Waals surface area contributed by atoms with Crippen LogP contribution in [0.3, 0.4) is 0 Å². The molecule has 1 N–H and O–H groups in total. The number of amides is 1. The summed E-state index contributed by atoms with van der Waals surface area (Å²) < 4.78 is 10.9. The molecule has 1 fully saturated rings. The van der Waals surface area contributed by atoms with Gasteiger partial charge in [-0.05, 0) is 38.0 Å². The minimum atomic E-state index is -1.31. The summed E-state index contributed by atoms with van der Waals surface area (Å²) in [6, 6.07) is -0.736. The zero-order valence-corrected chi connectivity index (χ0v) is 22.7. The number of nitrogens with zero attached hydrogens (tertiary/aromatic N) is 1. The monoisotopic (exact) mass is 497 g/mol. The first-order valence-corrected chi connectivity index (χ1v) is 13.4. The summed E-state index contributed by atoms with van der Waals surface area (Å²) >= 11 is 0. The second-order valence-electron chi connectivity index (χ2n) is 10.4. The Morgan fingerprint density at radius 1 is 0.943 bits per heavy atom. The van der Waals surface area contributed by atoms with Crippen LogP contribution in [-0.2, 0) is 28.7 Å². The molecule has 1 aliphatic heterocycles. The Morgan fingerprint density at radius 3 is 2.09 bits per heavy atom. The van der Waals surface area contributed by atoms with Gasteiger partial charge in [0.2, 0.25) is 18.1 Å². The lowest BCUT2D eigenvalue weighted by atomic mass is 9.92. The first-order chi connectivity index (χ1) is 16.5. The van der Waals surface area contributed by atoms with Gasteiger partial charge in [0.15, 0.2) is 0 Å². The van der Waals surface area contributed by atoms with E-state index in [2.05, 4.69) is 13.8 Å². The number of carbonyl (C=O) groups excluding carboxylic acids is 3. The van der Waals surface area contributed by atoms with Gasteiger partial charge in [0.1, 0.15) is 6.04 Å². The molecule has 202 valence electrons. The van der Waals surface area contributed by atoms with E-state index in [4.69, 9.17) is 9.47 Å². The summed E-state index contributed by atoms with van der Waals surface area (Å²) in [5.41, 5.74) is 0. The molecule has 7 atom stereocenters. The van der Waals surface area contributed by atoms with Crippen molar-refractivity contribution in [2.24, 2.45) is 23.7 Å². The Morgan fingerprint density at radius 2 is 1.54 bits per heavy atom. The third-order valence-corrected chi connectivity index (χ3v) is 7.32. The van der Waals surface area contributed by atoms with Crippen LogP contribution in [0.15, 0.2) is 0 Å². The molecule has 2 unspecified atom stereocenters. The Bertz CT molecular complexity index is 710. The molecule has 0 radical (unpaired) electrons. The number of ether oxygens (including phenoxy) is 2. The van der Waals surface area contributed by atoms with Gasteiger partial charge in [0.25, 0.3) is 0 Å². The largest absolute Gasteiger partial charge is 0.478 e. The predicted octanol–water partition coefficient (Wildman–Crippen LogP) is 4.83. The molecule has 0 aromatic carbocycles. The third kappa shape index (κ3) is 9.12. The van der Waals surface area contributed by atoms with Gasteiger partial charge in [-0.1, -0.05) is 67.7 Å². The topological polar surface area (TPSA) is 110 Å². The lowest BCUT2D eigenvalue weighted by Gasteiger charge is -2.30. The number of esters is 2. The molecule has 0 saturated carbocycles. The van der Waals surface area contributed by atoms with Crippen molar-refractivity contribution in [2.75, 3.05) is 6.54 Å². The zero-order chi connectivity index (χ0) is 26.7. The highest BCUT2D eigenvalue weighted by molar-refractivity contribution is 5.88. The van der Waals surface area contributed by atoms with Gasteiger partial charge < -0.3 is 19.5 Å². The Kier molecular flexibility index (Phi) is 13.3. The van der Waals surface area contributed by atoms with Crippen LogP contribution in [0.25, 0.3) is 0 Å². The van der Waals surface area contributed by atoms with Gasteiger partial charge in [-0.2, -0.15) is 0 Å². The maximum Gasteiger partial charge on any atom is 0.348 e. The van der Waals surface area contributed by atoms with E-state index in [9.17, 15) is 24.3 Å². The lowest BCUT2D eigenvalue weighted by Crippen LogP contribution is -2.47. The van der Waals surface area contributed by atoms with Gasteiger partial charge in [-0.15, -0.1) is 0 Å². The standard InChI is InChI=1S/C27H47NO7/c1-8-11-13-17(4)16-20(7)24(29)28-15-12-14-21(28)26(32)35-23(19(6)10-3)27(33)34-22(25(30)31)18(5)9-2/h17-23H,8-16H2,1-7H3,(H,30,31)/t17?,18-,19-,20?,21-,22-,23+/m0/s1. The van der Waals surface area contributed by atoms with Crippen molar-refractivity contribution in [2.45, 2.75) is 118 Å². The van der Waals surface area contributed by atoms with Crippen LogP contribution in [0.1, 0.15) is 99.8 Å². The van der Waals surface area contributed by atoms with E-state index in [1.807, 2.05) is 20.8 Å². The van der Waals surface area contributed by atoms with Crippen LogP contribution in [0.4, 0.5) is 0 Å². The fourth-order valence-electron chi connectivity index (χ4n) is 4.56. The van der Waals surface area contributed by atoms with Crippen molar-refractivity contribution in [3.05, 3.63) is 0 Å². The van der Waals surface area contributed by atoms with E-state index in [1.165, 1.54) is 0 Å². The van der Waals surface area contributed by atoms with Crippen molar-refractivity contribution in [3.8, 4) is 0 Å². The number of hydrogen-bond donors (Lipinski definition) is 1. The molecule has 0 aromatic rings. The number of carboxylic acids is 1. The minimum absolute atomic E-state index is 0.0572. The highest BCUT2D eigenvalue weighted by Crippen LogP contribution is 2.27. The molecule has 0 spiro atoms. The van der Waals surface area contributed by atoms with Gasteiger partial charge in [-0.25, -0.2) is 14.4 Å². The molecule has 1 saturated heterocycles. The molecule has 8 nitrogen and oxygen atoms in total. The molecular formula is C27H47NO7. The first-order valence-electron chi connectivity index (χ1n) is 13.4. The molecular weight excluding hydrogens is 450 g/mol. The van der Waals surface area contributed by atoms with Gasteiger partial charge >= 0.3 is 17.9 Å². The van der Waals surface area contributed by atoms with Crippen molar-refractivity contribution in [1.82, 2.24) is 4.90 Å². The molecule has 35 heavy (non-hydrogen) atoms. The SMILES string of the molecule is CCCCC(C)CC(C)C(=O)N1CCC[C@H]1C(=O)O[C@@H](C(=O)O[C@H](C(=O)O)[C@@H](C)CC)[C@@H](C)CC. The summed E-state index contributed by atoms with van der Waals surface area (Å²) in [5, 5.41) is 9.48. The summed E-state index contributed by atoms with van der Waals surface area (Å²) in [4.78, 5) is 52.4. The van der Waals surface area contributed by atoms with Gasteiger partial charge in [-0.3, -0.25) is 4.79 Å². The minimum Gasteiger partial charge on any atom is -0.478 e.